The number of rotatable bonds is 3. The molecule has 1 aromatic carbocycles. The molecule has 0 saturated carbocycles. The van der Waals surface area contributed by atoms with E-state index in [1.807, 2.05) is 0 Å². The standard InChI is InChI=1S/C11H9FN4O4/c1-5-2-9(20-15-5)14-11(17)7-3-6(12)4-8(10(7)13)16(18)19/h2-4H,13H2,1H3,(H,14,17). The molecule has 0 unspecified atom stereocenters. The number of nitrogens with two attached hydrogens (primary N) is 1. The number of amides is 1. The Kier molecular flexibility index (Phi) is 3.34. The predicted octanol–water partition coefficient (Wildman–Crippen LogP) is 1.86. The number of aryl methyl sites for hydroxylation is 1. The van der Waals surface area contributed by atoms with Crippen molar-refractivity contribution in [2.75, 3.05) is 11.1 Å². The van der Waals surface area contributed by atoms with Crippen LogP contribution in [0.4, 0.5) is 21.6 Å². The summed E-state index contributed by atoms with van der Waals surface area (Å²) in [5, 5.41) is 16.5. The Morgan fingerprint density at radius 3 is 2.75 bits per heavy atom. The monoisotopic (exact) mass is 280 g/mol. The Labute approximate surface area is 111 Å². The first-order chi connectivity index (χ1) is 9.38. The van der Waals surface area contributed by atoms with Gasteiger partial charge in [-0.1, -0.05) is 5.16 Å². The summed E-state index contributed by atoms with van der Waals surface area (Å²) in [6.07, 6.45) is 0. The van der Waals surface area contributed by atoms with Crippen molar-refractivity contribution in [1.29, 1.82) is 0 Å². The molecule has 0 aliphatic rings. The van der Waals surface area contributed by atoms with Crippen LogP contribution in [0.5, 0.6) is 0 Å². The molecule has 9 heteroatoms. The van der Waals surface area contributed by atoms with Crippen molar-refractivity contribution in [1.82, 2.24) is 5.16 Å². The number of hydrogen-bond donors (Lipinski definition) is 2. The number of benzene rings is 1. The first-order valence-corrected chi connectivity index (χ1v) is 5.36. The third kappa shape index (κ3) is 2.55. The lowest BCUT2D eigenvalue weighted by molar-refractivity contribution is -0.384. The van der Waals surface area contributed by atoms with Crippen molar-refractivity contribution >= 4 is 23.2 Å². The van der Waals surface area contributed by atoms with Crippen LogP contribution in [-0.2, 0) is 0 Å². The predicted molar refractivity (Wildman–Crippen MR) is 66.7 cm³/mol. The lowest BCUT2D eigenvalue weighted by Crippen LogP contribution is -2.15. The van der Waals surface area contributed by atoms with E-state index < -0.39 is 28.0 Å². The van der Waals surface area contributed by atoms with E-state index in [0.717, 1.165) is 6.07 Å². The van der Waals surface area contributed by atoms with Crippen molar-refractivity contribution in [2.24, 2.45) is 0 Å². The fraction of sp³-hybridized carbons (Fsp3) is 0.0909. The summed E-state index contributed by atoms with van der Waals surface area (Å²) >= 11 is 0. The number of aromatic nitrogens is 1. The van der Waals surface area contributed by atoms with Crippen molar-refractivity contribution in [3.05, 3.63) is 45.4 Å². The number of anilines is 2. The maximum absolute atomic E-state index is 13.3. The second-order valence-electron chi connectivity index (χ2n) is 3.93. The van der Waals surface area contributed by atoms with Gasteiger partial charge in [0.05, 0.1) is 22.2 Å². The summed E-state index contributed by atoms with van der Waals surface area (Å²) in [4.78, 5) is 21.7. The van der Waals surface area contributed by atoms with Crippen LogP contribution in [-0.4, -0.2) is 16.0 Å². The molecule has 3 N–H and O–H groups in total. The zero-order chi connectivity index (χ0) is 14.9. The van der Waals surface area contributed by atoms with Gasteiger partial charge in [0.2, 0.25) is 5.88 Å². The highest BCUT2D eigenvalue weighted by molar-refractivity contribution is 6.08. The lowest BCUT2D eigenvalue weighted by atomic mass is 10.1. The highest BCUT2D eigenvalue weighted by Crippen LogP contribution is 2.27. The van der Waals surface area contributed by atoms with Gasteiger partial charge in [0.1, 0.15) is 11.5 Å². The zero-order valence-corrected chi connectivity index (χ0v) is 10.2. The minimum absolute atomic E-state index is 0.0267. The highest BCUT2D eigenvalue weighted by Gasteiger charge is 2.22. The largest absolute Gasteiger partial charge is 0.393 e. The van der Waals surface area contributed by atoms with Crippen molar-refractivity contribution < 1.29 is 18.6 Å². The normalized spacial score (nSPS) is 10.3. The van der Waals surface area contributed by atoms with Gasteiger partial charge in [0, 0.05) is 6.07 Å². The molecule has 104 valence electrons. The number of carbonyl (C=O) groups excluding carboxylic acids is 1. The number of hydrogen-bond acceptors (Lipinski definition) is 6. The Balaban J connectivity index is 2.37. The summed E-state index contributed by atoms with van der Waals surface area (Å²) in [5.74, 6) is -1.75. The number of nitrogens with one attached hydrogen (secondary N) is 1. The van der Waals surface area contributed by atoms with Crippen molar-refractivity contribution in [3.63, 3.8) is 0 Å². The molecule has 0 radical (unpaired) electrons. The highest BCUT2D eigenvalue weighted by atomic mass is 19.1. The van der Waals surface area contributed by atoms with E-state index in [-0.39, 0.29) is 11.4 Å². The van der Waals surface area contributed by atoms with Crippen LogP contribution in [0.2, 0.25) is 0 Å². The van der Waals surface area contributed by atoms with Gasteiger partial charge in [0.15, 0.2) is 0 Å². The van der Waals surface area contributed by atoms with Gasteiger partial charge in [-0.15, -0.1) is 0 Å². The molecule has 2 aromatic rings. The fourth-order valence-electron chi connectivity index (χ4n) is 1.54. The number of nitrogens with zero attached hydrogens (tertiary/aromatic N) is 2. The van der Waals surface area contributed by atoms with E-state index >= 15 is 0 Å². The number of carbonyl (C=O) groups is 1. The molecule has 20 heavy (non-hydrogen) atoms. The first kappa shape index (κ1) is 13.5. The third-order valence-electron chi connectivity index (χ3n) is 2.43. The molecule has 0 aliphatic carbocycles. The van der Waals surface area contributed by atoms with Crippen LogP contribution >= 0.6 is 0 Å². The molecule has 1 aromatic heterocycles. The Morgan fingerprint density at radius 2 is 2.20 bits per heavy atom. The molecule has 0 atom stereocenters. The maximum Gasteiger partial charge on any atom is 0.295 e. The molecule has 0 saturated heterocycles. The lowest BCUT2D eigenvalue weighted by Gasteiger charge is -2.05. The number of nitro groups is 1. The smallest absolute Gasteiger partial charge is 0.295 e. The minimum Gasteiger partial charge on any atom is -0.393 e. The Morgan fingerprint density at radius 1 is 1.50 bits per heavy atom. The van der Waals surface area contributed by atoms with Gasteiger partial charge in [-0.05, 0) is 13.0 Å². The van der Waals surface area contributed by atoms with Gasteiger partial charge < -0.3 is 10.3 Å². The molecular formula is C11H9FN4O4. The van der Waals surface area contributed by atoms with E-state index in [1.54, 1.807) is 6.92 Å². The van der Waals surface area contributed by atoms with E-state index in [9.17, 15) is 19.3 Å². The van der Waals surface area contributed by atoms with Crippen LogP contribution in [0.1, 0.15) is 16.1 Å². The molecule has 8 nitrogen and oxygen atoms in total. The average Bonchev–Trinajstić information content (AvgIpc) is 2.76. The molecule has 0 aliphatic heterocycles. The quantitative estimate of drug-likeness (QED) is 0.502. The second-order valence-corrected chi connectivity index (χ2v) is 3.93. The minimum atomic E-state index is -0.940. The fourth-order valence-corrected chi connectivity index (χ4v) is 1.54. The first-order valence-electron chi connectivity index (χ1n) is 5.36. The van der Waals surface area contributed by atoms with E-state index in [2.05, 4.69) is 10.5 Å². The Bertz CT molecular complexity index is 698. The van der Waals surface area contributed by atoms with Gasteiger partial charge in [0.25, 0.3) is 11.6 Å². The van der Waals surface area contributed by atoms with Gasteiger partial charge in [-0.3, -0.25) is 20.2 Å². The summed E-state index contributed by atoms with van der Waals surface area (Å²) in [6.45, 7) is 1.64. The van der Waals surface area contributed by atoms with Crippen molar-refractivity contribution in [2.45, 2.75) is 6.92 Å². The van der Waals surface area contributed by atoms with Gasteiger partial charge in [-0.25, -0.2) is 4.39 Å². The topological polar surface area (TPSA) is 124 Å². The SMILES string of the molecule is Cc1cc(NC(=O)c2cc(F)cc([N+](=O)[O-])c2N)on1. The van der Waals surface area contributed by atoms with E-state index in [1.165, 1.54) is 6.07 Å². The van der Waals surface area contributed by atoms with Crippen LogP contribution in [0.3, 0.4) is 0 Å². The third-order valence-corrected chi connectivity index (χ3v) is 2.43. The van der Waals surface area contributed by atoms with Crippen LogP contribution in [0.15, 0.2) is 22.7 Å². The number of halogens is 1. The Hall–Kier alpha value is -2.97. The molecule has 1 amide bonds. The molecule has 0 fully saturated rings. The number of nitro benzene ring substituents is 1. The zero-order valence-electron chi connectivity index (χ0n) is 10.2. The van der Waals surface area contributed by atoms with Crippen LogP contribution in [0, 0.1) is 22.9 Å². The van der Waals surface area contributed by atoms with E-state index in [4.69, 9.17) is 10.3 Å². The summed E-state index contributed by atoms with van der Waals surface area (Å²) in [7, 11) is 0. The molecule has 2 rings (SSSR count). The summed E-state index contributed by atoms with van der Waals surface area (Å²) < 4.78 is 18.0. The molecule has 0 spiro atoms. The maximum atomic E-state index is 13.3. The summed E-state index contributed by atoms with van der Waals surface area (Å²) in [5.41, 5.74) is 4.57. The van der Waals surface area contributed by atoms with Crippen LogP contribution in [0.25, 0.3) is 0 Å². The molecule has 0 bridgehead atoms. The summed E-state index contributed by atoms with van der Waals surface area (Å²) in [6, 6.07) is 2.88. The van der Waals surface area contributed by atoms with Crippen LogP contribution < -0.4 is 11.1 Å². The van der Waals surface area contributed by atoms with E-state index in [0.29, 0.717) is 11.8 Å². The average molecular weight is 280 g/mol. The molecular weight excluding hydrogens is 271 g/mol. The number of nitrogen functional groups attached to an aromatic ring is 1. The van der Waals surface area contributed by atoms with Crippen molar-refractivity contribution in [3.8, 4) is 0 Å². The second kappa shape index (κ2) is 4.96. The van der Waals surface area contributed by atoms with Gasteiger partial charge in [-0.2, -0.15) is 0 Å². The molecule has 1 heterocycles. The van der Waals surface area contributed by atoms with Gasteiger partial charge >= 0.3 is 0 Å².